The van der Waals surface area contributed by atoms with E-state index >= 15 is 0 Å². The van der Waals surface area contributed by atoms with Crippen molar-refractivity contribution in [3.05, 3.63) is 131 Å². The molecule has 10 nitrogen and oxygen atoms in total. The molecule has 4 N–H and O–H groups in total. The van der Waals surface area contributed by atoms with Crippen molar-refractivity contribution in [3.8, 4) is 0 Å². The van der Waals surface area contributed by atoms with Gasteiger partial charge in [0.25, 0.3) is 0 Å². The number of piperazine rings is 2. The third kappa shape index (κ3) is 3.73. The Morgan fingerprint density at radius 1 is 0.500 bits per heavy atom. The molecule has 10 heteroatoms. The number of fused-ring (bicyclic) bond motifs is 11. The van der Waals surface area contributed by atoms with Crippen LogP contribution in [0.1, 0.15) is 35.1 Å². The van der Waals surface area contributed by atoms with Gasteiger partial charge in [-0.3, -0.25) is 19.2 Å². The Bertz CT molecular complexity index is 1940. The molecule has 50 heavy (non-hydrogen) atoms. The molecule has 0 spiro atoms. The van der Waals surface area contributed by atoms with E-state index in [1.165, 1.54) is 0 Å². The number of para-hydroxylation sites is 2. The van der Waals surface area contributed by atoms with E-state index in [0.717, 1.165) is 33.6 Å². The number of nitrogens with one attached hydrogen (secondary N) is 4. The molecule has 0 aliphatic carbocycles. The highest BCUT2D eigenvalue weighted by Gasteiger charge is 2.78. The molecule has 4 amide bonds. The van der Waals surface area contributed by atoms with Gasteiger partial charge in [-0.25, -0.2) is 0 Å². The Hall–Kier alpha value is -5.64. The lowest BCUT2D eigenvalue weighted by Gasteiger charge is -2.48. The first-order valence-electron chi connectivity index (χ1n) is 17.5. The van der Waals surface area contributed by atoms with Crippen LogP contribution in [0.25, 0.3) is 0 Å². The third-order valence-corrected chi connectivity index (χ3v) is 12.3. The summed E-state index contributed by atoms with van der Waals surface area (Å²) in [5, 5.41) is 13.6. The van der Waals surface area contributed by atoms with E-state index < -0.39 is 47.3 Å². The van der Waals surface area contributed by atoms with Crippen molar-refractivity contribution in [2.75, 3.05) is 10.6 Å². The largest absolute Gasteiger partial charge is 0.364 e. The van der Waals surface area contributed by atoms with E-state index in [-0.39, 0.29) is 23.6 Å². The van der Waals surface area contributed by atoms with Crippen LogP contribution >= 0.6 is 0 Å². The van der Waals surface area contributed by atoms with E-state index in [1.54, 1.807) is 9.80 Å². The van der Waals surface area contributed by atoms with Gasteiger partial charge in [0.15, 0.2) is 0 Å². The fraction of sp³-hybridized carbons (Fsp3) is 0.300. The van der Waals surface area contributed by atoms with Crippen LogP contribution in [0, 0.1) is 0 Å². The van der Waals surface area contributed by atoms with Gasteiger partial charge in [0.05, 0.1) is 10.8 Å². The van der Waals surface area contributed by atoms with Crippen LogP contribution < -0.4 is 21.3 Å². The molecule has 0 bridgehead atoms. The number of carbonyl (C=O) groups is 4. The van der Waals surface area contributed by atoms with Gasteiger partial charge in [-0.1, -0.05) is 97.1 Å². The molecule has 6 aliphatic rings. The molecule has 4 aromatic carbocycles. The first-order chi connectivity index (χ1) is 24.4. The van der Waals surface area contributed by atoms with Crippen molar-refractivity contribution in [1.82, 2.24) is 20.4 Å². The number of benzene rings is 4. The summed E-state index contributed by atoms with van der Waals surface area (Å²) in [7, 11) is 0. The van der Waals surface area contributed by atoms with Crippen molar-refractivity contribution in [1.29, 1.82) is 0 Å². The zero-order chi connectivity index (χ0) is 33.8. The van der Waals surface area contributed by atoms with Gasteiger partial charge in [-0.15, -0.1) is 0 Å². The molecule has 4 fully saturated rings. The maximum Gasteiger partial charge on any atom is 0.247 e. The fourth-order valence-corrected chi connectivity index (χ4v) is 10.4. The summed E-state index contributed by atoms with van der Waals surface area (Å²) in [6.07, 6.45) is 0.273. The van der Waals surface area contributed by atoms with Crippen LogP contribution in [-0.2, 0) is 42.8 Å². The highest BCUT2D eigenvalue weighted by molar-refractivity contribution is 6.01. The number of hydrogen-bond donors (Lipinski definition) is 4. The lowest BCUT2D eigenvalue weighted by atomic mass is 9.54. The quantitative estimate of drug-likeness (QED) is 0.260. The summed E-state index contributed by atoms with van der Waals surface area (Å²) in [4.78, 5) is 61.2. The zero-order valence-electron chi connectivity index (χ0n) is 27.2. The molecule has 0 saturated carbocycles. The number of amides is 4. The number of carbonyl (C=O) groups excluding carboxylic acids is 4. The summed E-state index contributed by atoms with van der Waals surface area (Å²) in [6.45, 7) is 0. The minimum Gasteiger partial charge on any atom is -0.364 e. The van der Waals surface area contributed by atoms with Crippen LogP contribution in [0.5, 0.6) is 0 Å². The summed E-state index contributed by atoms with van der Waals surface area (Å²) < 4.78 is 0. The molecule has 2 unspecified atom stereocenters. The summed E-state index contributed by atoms with van der Waals surface area (Å²) in [5.41, 5.74) is 4.00. The number of anilines is 2. The molecule has 250 valence electrons. The normalized spacial score (nSPS) is 32.9. The Labute approximate surface area is 289 Å². The van der Waals surface area contributed by atoms with Crippen molar-refractivity contribution in [2.24, 2.45) is 0 Å². The smallest absolute Gasteiger partial charge is 0.247 e. The Morgan fingerprint density at radius 3 is 1.30 bits per heavy atom. The summed E-state index contributed by atoms with van der Waals surface area (Å²) in [6, 6.07) is 32.8. The van der Waals surface area contributed by atoms with E-state index in [4.69, 9.17) is 0 Å². The molecule has 6 aliphatic heterocycles. The van der Waals surface area contributed by atoms with Crippen LogP contribution in [0.2, 0.25) is 0 Å². The molecule has 4 saturated heterocycles. The first kappa shape index (κ1) is 29.3. The van der Waals surface area contributed by atoms with Crippen LogP contribution in [0.15, 0.2) is 109 Å². The number of hydrogen-bond acceptors (Lipinski definition) is 6. The maximum atomic E-state index is 14.6. The van der Waals surface area contributed by atoms with Gasteiger partial charge >= 0.3 is 0 Å². The van der Waals surface area contributed by atoms with Crippen LogP contribution in [-0.4, -0.2) is 69.9 Å². The molecule has 0 aromatic heterocycles. The SMILES string of the molecule is O=C1N[C@@H](Cc2ccccc2)C(=O)N2[C@@H]1CC1(C34C[C@H]5C(=O)N[C@H](Cc6ccccc6)C(=O)N5[C@@H]3Nc3ccccc34)c3ccccc3N[C@H]21. The number of rotatable bonds is 5. The van der Waals surface area contributed by atoms with Crippen molar-refractivity contribution in [3.63, 3.8) is 0 Å². The second-order valence-corrected chi connectivity index (χ2v) is 14.6. The summed E-state index contributed by atoms with van der Waals surface area (Å²) in [5.74, 6) is -0.632. The molecule has 6 heterocycles. The summed E-state index contributed by atoms with van der Waals surface area (Å²) >= 11 is 0. The maximum absolute atomic E-state index is 14.6. The lowest BCUT2D eigenvalue weighted by Crippen LogP contribution is -2.67. The minimum absolute atomic E-state index is 0.134. The van der Waals surface area contributed by atoms with E-state index in [0.29, 0.717) is 25.7 Å². The average molecular weight is 665 g/mol. The van der Waals surface area contributed by atoms with Crippen molar-refractivity contribution < 1.29 is 19.2 Å². The van der Waals surface area contributed by atoms with Gasteiger partial charge in [-0.2, -0.15) is 0 Å². The Morgan fingerprint density at radius 2 is 0.880 bits per heavy atom. The topological polar surface area (TPSA) is 123 Å². The van der Waals surface area contributed by atoms with Crippen molar-refractivity contribution >= 4 is 35.0 Å². The Balaban J connectivity index is 1.13. The zero-order valence-corrected chi connectivity index (χ0v) is 27.2. The molecule has 4 aromatic rings. The third-order valence-electron chi connectivity index (χ3n) is 12.3. The van der Waals surface area contributed by atoms with Crippen LogP contribution in [0.4, 0.5) is 11.4 Å². The van der Waals surface area contributed by atoms with Gasteiger partial charge in [-0.05, 0) is 47.2 Å². The predicted octanol–water partition coefficient (Wildman–Crippen LogP) is 3.05. The molecule has 10 rings (SSSR count). The van der Waals surface area contributed by atoms with Gasteiger partial charge in [0.2, 0.25) is 23.6 Å². The standard InChI is InChI=1S/C40H36N6O4/c47-33-31-21-39(25-15-7-9-17-27(25)43-37(39)45(31)35(49)29(41-33)19-23-11-3-1-4-12-23)40-22-32-34(48)42-30(20-24-13-5-2-6-14-24)36(50)46(32)38(40)44-28-18-10-8-16-26(28)40/h1-18,29-32,37-38,43-44H,19-22H2,(H,41,47)(H,42,48)/t29-,30+,31+,32-,37+,38-,39?,40?. The lowest BCUT2D eigenvalue weighted by molar-refractivity contribution is -0.149. The second-order valence-electron chi connectivity index (χ2n) is 14.6. The average Bonchev–Trinajstić information content (AvgIpc) is 3.85. The van der Waals surface area contributed by atoms with Gasteiger partial charge in [0, 0.05) is 24.2 Å². The monoisotopic (exact) mass is 664 g/mol. The van der Waals surface area contributed by atoms with E-state index in [9.17, 15) is 19.2 Å². The first-order valence-corrected chi connectivity index (χ1v) is 17.5. The van der Waals surface area contributed by atoms with E-state index in [1.807, 2.05) is 97.1 Å². The van der Waals surface area contributed by atoms with Crippen molar-refractivity contribution in [2.45, 2.75) is 73.0 Å². The highest BCUT2D eigenvalue weighted by Crippen LogP contribution is 2.68. The highest BCUT2D eigenvalue weighted by atomic mass is 16.2. The second kappa shape index (κ2) is 10.4. The molecular weight excluding hydrogens is 628 g/mol. The van der Waals surface area contributed by atoms with Gasteiger partial charge in [0.1, 0.15) is 36.5 Å². The fourth-order valence-electron chi connectivity index (χ4n) is 10.4. The molecule has 8 atom stereocenters. The Kier molecular flexibility index (Phi) is 6.11. The van der Waals surface area contributed by atoms with Gasteiger partial charge < -0.3 is 31.1 Å². The predicted molar refractivity (Wildman–Crippen MR) is 186 cm³/mol. The molecular formula is C40H36N6O4. The minimum atomic E-state index is -0.861. The van der Waals surface area contributed by atoms with E-state index in [2.05, 4.69) is 33.4 Å². The van der Waals surface area contributed by atoms with Crippen LogP contribution in [0.3, 0.4) is 0 Å². The molecule has 0 radical (unpaired) electrons. The number of nitrogens with zero attached hydrogens (tertiary/aromatic N) is 2.